The molecule has 0 aromatic carbocycles. The van der Waals surface area contributed by atoms with Crippen molar-refractivity contribution in [1.29, 1.82) is 0 Å². The van der Waals surface area contributed by atoms with E-state index in [-0.39, 0.29) is 0 Å². The summed E-state index contributed by atoms with van der Waals surface area (Å²) >= 11 is 0. The van der Waals surface area contributed by atoms with Crippen molar-refractivity contribution in [1.82, 2.24) is 15.3 Å². The molecule has 14 heavy (non-hydrogen) atoms. The molecule has 3 rings (SSSR count). The molecule has 2 aromatic heterocycles. The summed E-state index contributed by atoms with van der Waals surface area (Å²) in [7, 11) is 0. The number of nitrogens with one attached hydrogen (secondary N) is 1. The van der Waals surface area contributed by atoms with Crippen molar-refractivity contribution >= 4 is 11.0 Å². The van der Waals surface area contributed by atoms with Crippen LogP contribution in [0.4, 0.5) is 0 Å². The lowest BCUT2D eigenvalue weighted by Crippen LogP contribution is -2.24. The summed E-state index contributed by atoms with van der Waals surface area (Å²) in [6.45, 7) is 1.96. The fourth-order valence-corrected chi connectivity index (χ4v) is 1.89. The highest BCUT2D eigenvalue weighted by Crippen LogP contribution is 2.17. The van der Waals surface area contributed by atoms with E-state index in [9.17, 15) is 0 Å². The molecule has 0 spiro atoms. The minimum Gasteiger partial charge on any atom is -0.312 e. The van der Waals surface area contributed by atoms with Gasteiger partial charge < -0.3 is 5.32 Å². The van der Waals surface area contributed by atoms with Crippen LogP contribution >= 0.6 is 0 Å². The average molecular weight is 185 g/mol. The first-order valence-corrected chi connectivity index (χ1v) is 4.88. The fourth-order valence-electron chi connectivity index (χ4n) is 1.89. The zero-order chi connectivity index (χ0) is 9.38. The minimum atomic E-state index is 0.869. The summed E-state index contributed by atoms with van der Waals surface area (Å²) in [5.41, 5.74) is 3.39. The molecule has 0 bridgehead atoms. The lowest BCUT2D eigenvalue weighted by molar-refractivity contribution is 0.632. The van der Waals surface area contributed by atoms with E-state index >= 15 is 0 Å². The van der Waals surface area contributed by atoms with E-state index in [0.717, 1.165) is 30.5 Å². The van der Waals surface area contributed by atoms with Crippen LogP contribution in [-0.4, -0.2) is 16.5 Å². The van der Waals surface area contributed by atoms with E-state index in [0.29, 0.717) is 0 Å². The molecule has 3 heterocycles. The van der Waals surface area contributed by atoms with Crippen LogP contribution in [0.25, 0.3) is 11.0 Å². The molecule has 0 radical (unpaired) electrons. The topological polar surface area (TPSA) is 37.8 Å². The van der Waals surface area contributed by atoms with E-state index in [2.05, 4.69) is 27.4 Å². The average Bonchev–Trinajstić information content (AvgIpc) is 2.26. The summed E-state index contributed by atoms with van der Waals surface area (Å²) < 4.78 is 0. The van der Waals surface area contributed by atoms with Gasteiger partial charge in [-0.3, -0.25) is 0 Å². The van der Waals surface area contributed by atoms with E-state index in [4.69, 9.17) is 0 Å². The molecule has 1 aliphatic heterocycles. The molecule has 0 saturated carbocycles. The molecule has 0 atom stereocenters. The van der Waals surface area contributed by atoms with Gasteiger partial charge in [0.05, 0.1) is 0 Å². The number of fused-ring (bicyclic) bond motifs is 2. The highest BCUT2D eigenvalue weighted by molar-refractivity contribution is 5.75. The van der Waals surface area contributed by atoms with Crippen molar-refractivity contribution in [2.45, 2.75) is 13.0 Å². The monoisotopic (exact) mass is 185 g/mol. The fraction of sp³-hybridized carbons (Fsp3) is 0.273. The number of nitrogens with zero attached hydrogens (tertiary/aromatic N) is 2. The van der Waals surface area contributed by atoms with E-state index in [1.165, 1.54) is 11.3 Å². The number of rotatable bonds is 0. The Bertz CT molecular complexity index is 434. The molecule has 0 unspecified atom stereocenters. The number of hydrogen-bond acceptors (Lipinski definition) is 3. The summed E-state index contributed by atoms with van der Waals surface area (Å²) in [6.07, 6.45) is 2.81. The normalized spacial score (nSPS) is 15.4. The van der Waals surface area contributed by atoms with Gasteiger partial charge in [0.1, 0.15) is 0 Å². The van der Waals surface area contributed by atoms with Gasteiger partial charge in [-0.05, 0) is 23.8 Å². The predicted molar refractivity (Wildman–Crippen MR) is 54.9 cm³/mol. The van der Waals surface area contributed by atoms with E-state index in [1.54, 1.807) is 6.20 Å². The Morgan fingerprint density at radius 2 is 2.36 bits per heavy atom. The third-order valence-corrected chi connectivity index (χ3v) is 2.61. The zero-order valence-corrected chi connectivity index (χ0v) is 7.83. The lowest BCUT2D eigenvalue weighted by atomic mass is 10.1. The Kier molecular flexibility index (Phi) is 1.70. The van der Waals surface area contributed by atoms with Crippen molar-refractivity contribution < 1.29 is 0 Å². The second kappa shape index (κ2) is 3.03. The minimum absolute atomic E-state index is 0.869. The summed E-state index contributed by atoms with van der Waals surface area (Å²) in [5.74, 6) is 0. The molecule has 1 N–H and O–H groups in total. The Balaban J connectivity index is 2.27. The van der Waals surface area contributed by atoms with Crippen LogP contribution in [0.2, 0.25) is 0 Å². The summed E-state index contributed by atoms with van der Waals surface area (Å²) in [5, 5.41) is 4.48. The summed E-state index contributed by atoms with van der Waals surface area (Å²) in [4.78, 5) is 8.82. The second-order valence-electron chi connectivity index (χ2n) is 3.57. The third-order valence-electron chi connectivity index (χ3n) is 2.61. The Labute approximate surface area is 82.2 Å². The molecule has 0 saturated heterocycles. The second-order valence-corrected chi connectivity index (χ2v) is 3.57. The SMILES string of the molecule is c1cnc2nc3c(cc2c1)CNCC3. The van der Waals surface area contributed by atoms with Crippen molar-refractivity contribution in [3.05, 3.63) is 35.7 Å². The lowest BCUT2D eigenvalue weighted by Gasteiger charge is -2.16. The van der Waals surface area contributed by atoms with Gasteiger partial charge in [-0.25, -0.2) is 9.97 Å². The molecular weight excluding hydrogens is 174 g/mol. The predicted octanol–water partition coefficient (Wildman–Crippen LogP) is 1.28. The molecule has 3 nitrogen and oxygen atoms in total. The van der Waals surface area contributed by atoms with Crippen LogP contribution < -0.4 is 5.32 Å². The van der Waals surface area contributed by atoms with Crippen molar-refractivity contribution in [3.63, 3.8) is 0 Å². The highest BCUT2D eigenvalue weighted by atomic mass is 14.9. The largest absolute Gasteiger partial charge is 0.312 e. The zero-order valence-electron chi connectivity index (χ0n) is 7.83. The molecule has 0 aliphatic carbocycles. The summed E-state index contributed by atoms with van der Waals surface area (Å²) in [6, 6.07) is 6.20. The Hall–Kier alpha value is -1.48. The van der Waals surface area contributed by atoms with Crippen LogP contribution in [0.15, 0.2) is 24.4 Å². The maximum Gasteiger partial charge on any atom is 0.159 e. The molecule has 0 amide bonds. The van der Waals surface area contributed by atoms with Gasteiger partial charge in [-0.2, -0.15) is 0 Å². The smallest absolute Gasteiger partial charge is 0.159 e. The molecule has 2 aromatic rings. The van der Waals surface area contributed by atoms with Gasteiger partial charge >= 0.3 is 0 Å². The molecule has 0 fully saturated rings. The first-order chi connectivity index (χ1) is 6.93. The van der Waals surface area contributed by atoms with E-state index < -0.39 is 0 Å². The third kappa shape index (κ3) is 1.17. The van der Waals surface area contributed by atoms with Gasteiger partial charge in [0.2, 0.25) is 0 Å². The molecular formula is C11H11N3. The van der Waals surface area contributed by atoms with Gasteiger partial charge in [0, 0.05) is 36.8 Å². The van der Waals surface area contributed by atoms with Crippen molar-refractivity contribution in [2.24, 2.45) is 0 Å². The van der Waals surface area contributed by atoms with Crippen LogP contribution in [0.5, 0.6) is 0 Å². The number of hydrogen-bond donors (Lipinski definition) is 1. The molecule has 1 aliphatic rings. The highest BCUT2D eigenvalue weighted by Gasteiger charge is 2.10. The van der Waals surface area contributed by atoms with Gasteiger partial charge in [0.25, 0.3) is 0 Å². The molecule has 70 valence electrons. The first kappa shape index (κ1) is 7.88. The Morgan fingerprint density at radius 3 is 3.36 bits per heavy atom. The Morgan fingerprint density at radius 1 is 1.36 bits per heavy atom. The maximum atomic E-state index is 4.56. The quantitative estimate of drug-likeness (QED) is 0.671. The van der Waals surface area contributed by atoms with Crippen molar-refractivity contribution in [2.75, 3.05) is 6.54 Å². The van der Waals surface area contributed by atoms with Gasteiger partial charge in [0.15, 0.2) is 5.65 Å². The number of pyridine rings is 2. The van der Waals surface area contributed by atoms with Gasteiger partial charge in [-0.1, -0.05) is 0 Å². The van der Waals surface area contributed by atoms with Crippen LogP contribution in [0, 0.1) is 0 Å². The van der Waals surface area contributed by atoms with E-state index in [1.807, 2.05) is 6.07 Å². The van der Waals surface area contributed by atoms with Crippen LogP contribution in [0.3, 0.4) is 0 Å². The van der Waals surface area contributed by atoms with Crippen molar-refractivity contribution in [3.8, 4) is 0 Å². The number of aromatic nitrogens is 2. The molecule has 3 heteroatoms. The maximum absolute atomic E-state index is 4.56. The standard InChI is InChI=1S/C11H11N3/c1-2-8-6-9-7-12-5-3-10(9)14-11(8)13-4-1/h1-2,4,6,12H,3,5,7H2. The van der Waals surface area contributed by atoms with Crippen LogP contribution in [-0.2, 0) is 13.0 Å². The van der Waals surface area contributed by atoms with Gasteiger partial charge in [-0.15, -0.1) is 0 Å². The van der Waals surface area contributed by atoms with Crippen LogP contribution in [0.1, 0.15) is 11.3 Å². The first-order valence-electron chi connectivity index (χ1n) is 4.88.